The van der Waals surface area contributed by atoms with Crippen LogP contribution in [-0.2, 0) is 18.2 Å². The van der Waals surface area contributed by atoms with E-state index in [1.807, 2.05) is 12.5 Å². The van der Waals surface area contributed by atoms with Crippen molar-refractivity contribution in [3.63, 3.8) is 0 Å². The minimum atomic E-state index is 1.75. The maximum atomic E-state index is 4.49. The van der Waals surface area contributed by atoms with E-state index in [-0.39, 0.29) is 0 Å². The standard InChI is InChI=1S/C2H6S.ClH.Pd/c1-3-2;;/h1-2H3;1H;/q;;+1/p-1. The van der Waals surface area contributed by atoms with Gasteiger partial charge in [-0.25, -0.2) is 0 Å². The first-order valence-corrected chi connectivity index (χ1v) is 4.57. The molecule has 0 aromatic heterocycles. The molecule has 0 bridgehead atoms. The molecule has 0 radical (unpaired) electrons. The van der Waals surface area contributed by atoms with Gasteiger partial charge in [0.25, 0.3) is 0 Å². The van der Waals surface area contributed by atoms with Gasteiger partial charge in [-0.2, -0.15) is 11.8 Å². The number of halogens is 1. The second-order valence-corrected chi connectivity index (χ2v) is 1.22. The van der Waals surface area contributed by atoms with Crippen LogP contribution in [0.3, 0.4) is 0 Å². The van der Waals surface area contributed by atoms with Gasteiger partial charge >= 0.3 is 27.7 Å². The molecule has 3 heteroatoms. The summed E-state index contributed by atoms with van der Waals surface area (Å²) < 4.78 is 0. The molecule has 0 saturated heterocycles. The van der Waals surface area contributed by atoms with Crippen molar-refractivity contribution in [3.05, 3.63) is 0 Å². The van der Waals surface area contributed by atoms with E-state index in [0.29, 0.717) is 0 Å². The summed E-state index contributed by atoms with van der Waals surface area (Å²) in [6, 6.07) is 0. The third-order valence-corrected chi connectivity index (χ3v) is 0. The van der Waals surface area contributed by atoms with Crippen molar-refractivity contribution in [3.8, 4) is 0 Å². The molecular formula is C2H6ClPdS. The molecule has 0 aromatic carbocycles. The van der Waals surface area contributed by atoms with Gasteiger partial charge in [0.05, 0.1) is 0 Å². The zero-order valence-corrected chi connectivity index (χ0v) is 6.23. The van der Waals surface area contributed by atoms with Gasteiger partial charge in [-0.3, -0.25) is 0 Å². The zero-order valence-electron chi connectivity index (χ0n) is 3.10. The van der Waals surface area contributed by atoms with E-state index in [1.54, 1.807) is 11.8 Å². The second-order valence-electron chi connectivity index (χ2n) is 0.408. The van der Waals surface area contributed by atoms with Gasteiger partial charge in [0.2, 0.25) is 0 Å². The van der Waals surface area contributed by atoms with Crippen LogP contribution in [0, 0.1) is 0 Å². The van der Waals surface area contributed by atoms with E-state index < -0.39 is 0 Å². The molecule has 0 N–H and O–H groups in total. The van der Waals surface area contributed by atoms with Crippen LogP contribution < -0.4 is 0 Å². The first kappa shape index (κ1) is 9.57. The molecule has 0 atom stereocenters. The number of rotatable bonds is 0. The van der Waals surface area contributed by atoms with E-state index >= 15 is 0 Å². The Morgan fingerprint density at radius 3 is 1.40 bits per heavy atom. The van der Waals surface area contributed by atoms with Crippen molar-refractivity contribution in [1.29, 1.82) is 0 Å². The van der Waals surface area contributed by atoms with Crippen molar-refractivity contribution in [2.24, 2.45) is 0 Å². The van der Waals surface area contributed by atoms with E-state index in [2.05, 4.69) is 27.7 Å². The first-order chi connectivity index (χ1) is 2.41. The summed E-state index contributed by atoms with van der Waals surface area (Å²) in [4.78, 5) is 0. The number of hydrogen-bond donors (Lipinski definition) is 0. The summed E-state index contributed by atoms with van der Waals surface area (Å²) in [7, 11) is 4.49. The predicted molar refractivity (Wildman–Crippen MR) is 25.3 cm³/mol. The van der Waals surface area contributed by atoms with Gasteiger partial charge < -0.3 is 0 Å². The van der Waals surface area contributed by atoms with Gasteiger partial charge in [-0.1, -0.05) is 0 Å². The molecule has 0 nitrogen and oxygen atoms in total. The van der Waals surface area contributed by atoms with Crippen molar-refractivity contribution in [2.45, 2.75) is 0 Å². The minimum absolute atomic E-state index is 1.75. The van der Waals surface area contributed by atoms with Gasteiger partial charge in [0.1, 0.15) is 0 Å². The normalized spacial score (nSPS) is 5.00. The van der Waals surface area contributed by atoms with Crippen LogP contribution in [0.2, 0.25) is 0 Å². The zero-order chi connectivity index (χ0) is 4.71. The van der Waals surface area contributed by atoms with E-state index in [9.17, 15) is 0 Å². The molecule has 0 fully saturated rings. The van der Waals surface area contributed by atoms with Crippen molar-refractivity contribution in [2.75, 3.05) is 12.5 Å². The third kappa shape index (κ3) is 34.1. The van der Waals surface area contributed by atoms with E-state index in [0.717, 1.165) is 0 Å². The molecule has 0 saturated carbocycles. The Morgan fingerprint density at radius 1 is 1.40 bits per heavy atom. The van der Waals surface area contributed by atoms with Crippen LogP contribution in [-0.4, -0.2) is 12.5 Å². The summed E-state index contributed by atoms with van der Waals surface area (Å²) in [5.41, 5.74) is 0. The van der Waals surface area contributed by atoms with Crippen LogP contribution in [0.1, 0.15) is 0 Å². The van der Waals surface area contributed by atoms with Crippen LogP contribution >= 0.6 is 21.3 Å². The molecular weight excluding hydrogens is 198 g/mol. The average molecular weight is 204 g/mol. The van der Waals surface area contributed by atoms with Crippen molar-refractivity contribution in [1.82, 2.24) is 0 Å². The summed E-state index contributed by atoms with van der Waals surface area (Å²) in [6.07, 6.45) is 4.08. The molecule has 0 spiro atoms. The van der Waals surface area contributed by atoms with Gasteiger partial charge in [0.15, 0.2) is 0 Å². The molecule has 5 heavy (non-hydrogen) atoms. The fourth-order valence-corrected chi connectivity index (χ4v) is 0. The van der Waals surface area contributed by atoms with Crippen LogP contribution in [0.25, 0.3) is 0 Å². The molecule has 0 unspecified atom stereocenters. The summed E-state index contributed by atoms with van der Waals surface area (Å²) in [6.45, 7) is 0. The van der Waals surface area contributed by atoms with Crippen LogP contribution in [0.15, 0.2) is 0 Å². The van der Waals surface area contributed by atoms with Crippen molar-refractivity contribution >= 4 is 21.3 Å². The topological polar surface area (TPSA) is 0 Å². The van der Waals surface area contributed by atoms with Gasteiger partial charge in [0, 0.05) is 0 Å². The van der Waals surface area contributed by atoms with Crippen molar-refractivity contribution < 1.29 is 18.2 Å². The Kier molecular flexibility index (Phi) is 35.4. The molecule has 37 valence electrons. The Morgan fingerprint density at radius 2 is 1.40 bits per heavy atom. The van der Waals surface area contributed by atoms with Gasteiger partial charge in [-0.15, -0.1) is 0 Å². The first-order valence-electron chi connectivity index (χ1n) is 0.936. The Labute approximate surface area is 52.0 Å². The molecule has 0 aromatic rings. The summed E-state index contributed by atoms with van der Waals surface area (Å²) >= 11 is 3.97. The number of hydrogen-bond acceptors (Lipinski definition) is 1. The fraction of sp³-hybridized carbons (Fsp3) is 1.00. The van der Waals surface area contributed by atoms with E-state index in [4.69, 9.17) is 0 Å². The van der Waals surface area contributed by atoms with Crippen LogP contribution in [0.4, 0.5) is 0 Å². The fourth-order valence-electron chi connectivity index (χ4n) is 0. The second kappa shape index (κ2) is 18.5. The Bertz CT molecular complexity index is 9.61. The average Bonchev–Trinajstić information content (AvgIpc) is 1.46. The maximum absolute atomic E-state index is 4.49. The molecule has 0 amide bonds. The van der Waals surface area contributed by atoms with E-state index in [1.165, 1.54) is 0 Å². The summed E-state index contributed by atoms with van der Waals surface area (Å²) in [5, 5.41) is 0. The SMILES string of the molecule is CSC.[Cl][Pd]. The number of thioether (sulfide) groups is 1. The summed E-state index contributed by atoms with van der Waals surface area (Å²) in [5.74, 6) is 0. The monoisotopic (exact) mass is 203 g/mol. The molecule has 0 aliphatic carbocycles. The molecule has 0 heterocycles. The quantitative estimate of drug-likeness (QED) is 0.540. The Balaban J connectivity index is 0. The molecule has 0 rings (SSSR count). The third-order valence-electron chi connectivity index (χ3n) is 0. The van der Waals surface area contributed by atoms with Crippen LogP contribution in [0.5, 0.6) is 0 Å². The van der Waals surface area contributed by atoms with Gasteiger partial charge in [-0.05, 0) is 12.5 Å². The predicted octanol–water partition coefficient (Wildman–Crippen LogP) is 1.67. The molecule has 0 aliphatic heterocycles. The Hall–Kier alpha value is 1.30. The molecule has 0 aliphatic rings.